The fourth-order valence-corrected chi connectivity index (χ4v) is 3.48. The van der Waals surface area contributed by atoms with Gasteiger partial charge in [0.25, 0.3) is 5.69 Å². The Morgan fingerprint density at radius 3 is 2.15 bits per heavy atom. The molecule has 0 heterocycles. The van der Waals surface area contributed by atoms with Gasteiger partial charge in [0, 0.05) is 18.4 Å². The number of nitro benzene ring substituents is 1. The zero-order valence-corrected chi connectivity index (χ0v) is 15.3. The van der Waals surface area contributed by atoms with Crippen molar-refractivity contribution >= 4 is 15.5 Å². The number of hydrogen-bond donors (Lipinski definition) is 1. The highest BCUT2D eigenvalue weighted by molar-refractivity contribution is 7.90. The molecule has 3 rings (SSSR count). The van der Waals surface area contributed by atoms with Crippen LogP contribution in [0.4, 0.5) is 5.69 Å². The monoisotopic (exact) mass is 383 g/mol. The first-order valence-corrected chi connectivity index (χ1v) is 9.98. The van der Waals surface area contributed by atoms with Crippen molar-refractivity contribution in [3.8, 4) is 11.1 Å². The number of aliphatic hydroxyl groups is 1. The van der Waals surface area contributed by atoms with Crippen molar-refractivity contribution in [1.82, 2.24) is 0 Å². The molecule has 0 aliphatic carbocycles. The Hall–Kier alpha value is -3.03. The van der Waals surface area contributed by atoms with Gasteiger partial charge in [0.05, 0.1) is 9.82 Å². The molecule has 3 aromatic rings. The predicted octanol–water partition coefficient (Wildman–Crippen LogP) is 3.75. The van der Waals surface area contributed by atoms with Crippen molar-refractivity contribution in [3.05, 3.63) is 94.0 Å². The van der Waals surface area contributed by atoms with Crippen molar-refractivity contribution < 1.29 is 18.4 Å². The third-order valence-electron chi connectivity index (χ3n) is 4.25. The van der Waals surface area contributed by atoms with Gasteiger partial charge in [-0.05, 0) is 40.5 Å². The van der Waals surface area contributed by atoms with E-state index in [4.69, 9.17) is 0 Å². The maximum Gasteiger partial charge on any atom is 0.269 e. The number of sulfone groups is 1. The van der Waals surface area contributed by atoms with Gasteiger partial charge >= 0.3 is 0 Å². The van der Waals surface area contributed by atoms with E-state index in [1.807, 2.05) is 6.07 Å². The van der Waals surface area contributed by atoms with Crippen LogP contribution in [0.3, 0.4) is 0 Å². The van der Waals surface area contributed by atoms with Crippen molar-refractivity contribution in [2.75, 3.05) is 6.26 Å². The van der Waals surface area contributed by atoms with E-state index >= 15 is 0 Å². The molecule has 1 atom stereocenters. The summed E-state index contributed by atoms with van der Waals surface area (Å²) in [5.74, 6) is 0. The molecule has 0 aliphatic rings. The number of nitro groups is 1. The molecule has 0 fully saturated rings. The van der Waals surface area contributed by atoms with Gasteiger partial charge in [0.2, 0.25) is 0 Å². The average molecular weight is 383 g/mol. The van der Waals surface area contributed by atoms with E-state index in [1.165, 1.54) is 24.3 Å². The van der Waals surface area contributed by atoms with Gasteiger partial charge in [-0.1, -0.05) is 42.5 Å². The van der Waals surface area contributed by atoms with Crippen LogP contribution in [0.5, 0.6) is 0 Å². The third kappa shape index (κ3) is 4.05. The van der Waals surface area contributed by atoms with Crippen molar-refractivity contribution in [2.24, 2.45) is 0 Å². The molecular formula is C20H17NO5S. The van der Waals surface area contributed by atoms with Crippen molar-refractivity contribution in [1.29, 1.82) is 0 Å². The summed E-state index contributed by atoms with van der Waals surface area (Å²) in [7, 11) is -3.33. The summed E-state index contributed by atoms with van der Waals surface area (Å²) >= 11 is 0. The molecule has 0 radical (unpaired) electrons. The van der Waals surface area contributed by atoms with Crippen LogP contribution in [0.15, 0.2) is 77.7 Å². The minimum Gasteiger partial charge on any atom is -0.384 e. The number of non-ortho nitro benzene ring substituents is 1. The number of nitrogens with zero attached hydrogens (tertiary/aromatic N) is 1. The standard InChI is InChI=1S/C20H17NO5S/c1-27(25,26)17-10-7-14(8-11-17)18-12-9-16(21(23)24)13-19(18)20(22)15-5-3-2-4-6-15/h2-13,20,22H,1H3. The van der Waals surface area contributed by atoms with Gasteiger partial charge in [-0.25, -0.2) is 8.42 Å². The molecule has 3 aromatic carbocycles. The first-order chi connectivity index (χ1) is 12.8. The molecule has 0 saturated carbocycles. The van der Waals surface area contributed by atoms with Crippen LogP contribution in [0.25, 0.3) is 11.1 Å². The lowest BCUT2D eigenvalue weighted by molar-refractivity contribution is -0.384. The zero-order valence-electron chi connectivity index (χ0n) is 14.4. The maximum atomic E-state index is 11.6. The number of hydrogen-bond acceptors (Lipinski definition) is 5. The van der Waals surface area contributed by atoms with Crippen LogP contribution in [0.2, 0.25) is 0 Å². The quantitative estimate of drug-likeness (QED) is 0.534. The zero-order chi connectivity index (χ0) is 19.6. The first kappa shape index (κ1) is 18.8. The lowest BCUT2D eigenvalue weighted by atomic mass is 9.92. The smallest absolute Gasteiger partial charge is 0.269 e. The van der Waals surface area contributed by atoms with Crippen LogP contribution in [0.1, 0.15) is 17.2 Å². The van der Waals surface area contributed by atoms with Crippen molar-refractivity contribution in [3.63, 3.8) is 0 Å². The number of rotatable bonds is 5. The highest BCUT2D eigenvalue weighted by Crippen LogP contribution is 2.34. The molecule has 0 amide bonds. The molecule has 1 unspecified atom stereocenters. The first-order valence-electron chi connectivity index (χ1n) is 8.09. The summed E-state index contributed by atoms with van der Waals surface area (Å²) in [5, 5.41) is 22.0. The molecule has 0 bridgehead atoms. The van der Waals surface area contributed by atoms with Crippen LogP contribution >= 0.6 is 0 Å². The second-order valence-electron chi connectivity index (χ2n) is 6.14. The lowest BCUT2D eigenvalue weighted by Crippen LogP contribution is -2.03. The van der Waals surface area contributed by atoms with Gasteiger partial charge in [-0.2, -0.15) is 0 Å². The largest absolute Gasteiger partial charge is 0.384 e. The molecule has 6 nitrogen and oxygen atoms in total. The molecule has 7 heteroatoms. The lowest BCUT2D eigenvalue weighted by Gasteiger charge is -2.16. The summed E-state index contributed by atoms with van der Waals surface area (Å²) in [5.41, 5.74) is 2.10. The van der Waals surface area contributed by atoms with E-state index in [2.05, 4.69) is 0 Å². The fraction of sp³-hybridized carbons (Fsp3) is 0.100. The second kappa shape index (κ2) is 7.30. The number of benzene rings is 3. The Labute approximate surface area is 156 Å². The minimum absolute atomic E-state index is 0.128. The molecule has 27 heavy (non-hydrogen) atoms. The van der Waals surface area contributed by atoms with E-state index in [9.17, 15) is 23.6 Å². The second-order valence-corrected chi connectivity index (χ2v) is 8.15. The Balaban J connectivity index is 2.13. The third-order valence-corrected chi connectivity index (χ3v) is 5.38. The summed E-state index contributed by atoms with van der Waals surface area (Å²) in [6, 6.07) is 19.3. The van der Waals surface area contributed by atoms with E-state index in [0.717, 1.165) is 6.26 Å². The molecular weight excluding hydrogens is 366 g/mol. The fourth-order valence-electron chi connectivity index (χ4n) is 2.85. The maximum absolute atomic E-state index is 11.6. The minimum atomic E-state index is -3.33. The van der Waals surface area contributed by atoms with Gasteiger partial charge in [-0.15, -0.1) is 0 Å². The SMILES string of the molecule is CS(=O)(=O)c1ccc(-c2ccc([N+](=O)[O-])cc2C(O)c2ccccc2)cc1. The van der Waals surface area contributed by atoms with Gasteiger partial charge in [0.15, 0.2) is 9.84 Å². The van der Waals surface area contributed by atoms with Crippen LogP contribution in [0, 0.1) is 10.1 Å². The summed E-state index contributed by atoms with van der Waals surface area (Å²) in [4.78, 5) is 10.8. The predicted molar refractivity (Wildman–Crippen MR) is 102 cm³/mol. The highest BCUT2D eigenvalue weighted by atomic mass is 32.2. The molecule has 138 valence electrons. The van der Waals surface area contributed by atoms with Crippen LogP contribution in [-0.4, -0.2) is 24.7 Å². The summed E-state index contributed by atoms with van der Waals surface area (Å²) in [6.07, 6.45) is 0.0639. The highest BCUT2D eigenvalue weighted by Gasteiger charge is 2.20. The normalized spacial score (nSPS) is 12.5. The molecule has 0 aliphatic heterocycles. The average Bonchev–Trinajstić information content (AvgIpc) is 2.67. The Bertz CT molecular complexity index is 1080. The van der Waals surface area contributed by atoms with Crippen LogP contribution in [-0.2, 0) is 9.84 Å². The Morgan fingerprint density at radius 1 is 0.963 bits per heavy atom. The van der Waals surface area contributed by atoms with Crippen LogP contribution < -0.4 is 0 Å². The van der Waals surface area contributed by atoms with Gasteiger partial charge in [-0.3, -0.25) is 10.1 Å². The van der Waals surface area contributed by atoms with Gasteiger partial charge in [0.1, 0.15) is 6.10 Å². The van der Waals surface area contributed by atoms with E-state index in [-0.39, 0.29) is 10.6 Å². The van der Waals surface area contributed by atoms with E-state index in [0.29, 0.717) is 22.3 Å². The molecule has 0 spiro atoms. The summed E-state index contributed by atoms with van der Waals surface area (Å²) < 4.78 is 23.3. The Kier molecular flexibility index (Phi) is 5.07. The summed E-state index contributed by atoms with van der Waals surface area (Å²) in [6.45, 7) is 0. The number of aliphatic hydroxyl groups excluding tert-OH is 1. The van der Waals surface area contributed by atoms with Gasteiger partial charge < -0.3 is 5.11 Å². The molecule has 1 N–H and O–H groups in total. The topological polar surface area (TPSA) is 97.5 Å². The van der Waals surface area contributed by atoms with E-state index < -0.39 is 20.9 Å². The Morgan fingerprint density at radius 2 is 1.59 bits per heavy atom. The van der Waals surface area contributed by atoms with Crippen molar-refractivity contribution in [2.45, 2.75) is 11.0 Å². The molecule has 0 aromatic heterocycles. The van der Waals surface area contributed by atoms with E-state index in [1.54, 1.807) is 42.5 Å². The molecule has 0 saturated heterocycles.